The maximum absolute atomic E-state index is 9.66. The van der Waals surface area contributed by atoms with E-state index in [2.05, 4.69) is 6.92 Å². The average Bonchev–Trinajstić information content (AvgIpc) is 1.96. The molecule has 3 N–H and O–H groups in total. The summed E-state index contributed by atoms with van der Waals surface area (Å²) in [5.74, 6) is 1.08. The summed E-state index contributed by atoms with van der Waals surface area (Å²) in [5.41, 5.74) is 4.90. The van der Waals surface area contributed by atoms with E-state index in [1.54, 1.807) is 0 Å². The fourth-order valence-electron chi connectivity index (χ4n) is 1.27. The first kappa shape index (κ1) is 8.37. The normalized spacial score (nSPS) is 39.3. The molecule has 1 saturated carbocycles. The SMILES string of the molecule is CCSC1CCC1(O)CN. The summed E-state index contributed by atoms with van der Waals surface area (Å²) >= 11 is 1.82. The molecule has 0 aliphatic heterocycles. The second-order valence-electron chi connectivity index (χ2n) is 2.79. The summed E-state index contributed by atoms with van der Waals surface area (Å²) in [4.78, 5) is 0. The number of aliphatic hydroxyl groups is 1. The molecule has 1 rings (SSSR count). The standard InChI is InChI=1S/C7H15NOS/c1-2-10-6-3-4-7(6,9)5-8/h6,9H,2-5,8H2,1H3. The van der Waals surface area contributed by atoms with Crippen LogP contribution < -0.4 is 5.73 Å². The van der Waals surface area contributed by atoms with Crippen LogP contribution in [0.5, 0.6) is 0 Å². The summed E-state index contributed by atoms with van der Waals surface area (Å²) in [5, 5.41) is 10.1. The van der Waals surface area contributed by atoms with Crippen molar-refractivity contribution in [3.63, 3.8) is 0 Å². The van der Waals surface area contributed by atoms with Gasteiger partial charge in [-0.05, 0) is 18.6 Å². The summed E-state index contributed by atoms with van der Waals surface area (Å²) in [6, 6.07) is 0. The van der Waals surface area contributed by atoms with Crippen molar-refractivity contribution < 1.29 is 5.11 Å². The molecule has 2 atom stereocenters. The Bertz CT molecular complexity index is 116. The molecule has 2 nitrogen and oxygen atoms in total. The molecule has 2 unspecified atom stereocenters. The Morgan fingerprint density at radius 2 is 2.50 bits per heavy atom. The van der Waals surface area contributed by atoms with Gasteiger partial charge in [0.15, 0.2) is 0 Å². The number of hydrogen-bond donors (Lipinski definition) is 2. The fourth-order valence-corrected chi connectivity index (χ4v) is 2.48. The van der Waals surface area contributed by atoms with E-state index in [-0.39, 0.29) is 0 Å². The van der Waals surface area contributed by atoms with Gasteiger partial charge in [0.25, 0.3) is 0 Å². The molecule has 1 aliphatic carbocycles. The minimum atomic E-state index is -0.527. The van der Waals surface area contributed by atoms with Gasteiger partial charge in [0, 0.05) is 11.8 Å². The van der Waals surface area contributed by atoms with Crippen LogP contribution in [0.4, 0.5) is 0 Å². The van der Waals surface area contributed by atoms with Crippen LogP contribution >= 0.6 is 11.8 Å². The molecule has 0 aromatic carbocycles. The molecule has 10 heavy (non-hydrogen) atoms. The lowest BCUT2D eigenvalue weighted by atomic mass is 9.80. The van der Waals surface area contributed by atoms with Gasteiger partial charge in [-0.2, -0.15) is 11.8 Å². The van der Waals surface area contributed by atoms with E-state index in [0.29, 0.717) is 11.8 Å². The van der Waals surface area contributed by atoms with E-state index in [1.807, 2.05) is 11.8 Å². The zero-order valence-corrected chi connectivity index (χ0v) is 7.16. The molecule has 0 radical (unpaired) electrons. The van der Waals surface area contributed by atoms with Crippen LogP contribution in [0.1, 0.15) is 19.8 Å². The summed E-state index contributed by atoms with van der Waals surface area (Å²) in [7, 11) is 0. The topological polar surface area (TPSA) is 46.2 Å². The maximum atomic E-state index is 9.66. The molecule has 1 fully saturated rings. The highest BCUT2D eigenvalue weighted by Crippen LogP contribution is 2.40. The lowest BCUT2D eigenvalue weighted by molar-refractivity contribution is -0.0158. The summed E-state index contributed by atoms with van der Waals surface area (Å²) < 4.78 is 0. The third kappa shape index (κ3) is 1.31. The van der Waals surface area contributed by atoms with Crippen molar-refractivity contribution in [1.82, 2.24) is 0 Å². The Kier molecular flexibility index (Phi) is 2.61. The third-order valence-electron chi connectivity index (χ3n) is 2.16. The Balaban J connectivity index is 2.34. The first-order chi connectivity index (χ1) is 4.73. The second kappa shape index (κ2) is 3.11. The van der Waals surface area contributed by atoms with Gasteiger partial charge >= 0.3 is 0 Å². The number of thioether (sulfide) groups is 1. The van der Waals surface area contributed by atoms with Gasteiger partial charge in [-0.25, -0.2) is 0 Å². The summed E-state index contributed by atoms with van der Waals surface area (Å²) in [6.45, 7) is 2.53. The van der Waals surface area contributed by atoms with E-state index in [4.69, 9.17) is 5.73 Å². The predicted molar refractivity (Wildman–Crippen MR) is 45.2 cm³/mol. The van der Waals surface area contributed by atoms with Gasteiger partial charge in [0.2, 0.25) is 0 Å². The van der Waals surface area contributed by atoms with Crippen molar-refractivity contribution >= 4 is 11.8 Å². The van der Waals surface area contributed by atoms with Crippen molar-refractivity contribution in [1.29, 1.82) is 0 Å². The van der Waals surface area contributed by atoms with Crippen molar-refractivity contribution in [3.8, 4) is 0 Å². The highest BCUT2D eigenvalue weighted by Gasteiger charge is 2.43. The van der Waals surface area contributed by atoms with Crippen LogP contribution in [-0.4, -0.2) is 28.3 Å². The maximum Gasteiger partial charge on any atom is 0.0887 e. The third-order valence-corrected chi connectivity index (χ3v) is 3.57. The predicted octanol–water partition coefficient (Wildman–Crippen LogP) is 0.592. The molecule has 0 bridgehead atoms. The van der Waals surface area contributed by atoms with Gasteiger partial charge in [0.05, 0.1) is 5.60 Å². The zero-order chi connectivity index (χ0) is 7.61. The lowest BCUT2D eigenvalue weighted by Gasteiger charge is -2.44. The Labute approximate surface area is 66.2 Å². The van der Waals surface area contributed by atoms with Crippen molar-refractivity contribution in [2.45, 2.75) is 30.6 Å². The molecule has 0 amide bonds. The van der Waals surface area contributed by atoms with Crippen LogP contribution in [0.15, 0.2) is 0 Å². The van der Waals surface area contributed by atoms with Crippen LogP contribution in [0.2, 0.25) is 0 Å². The molecule has 0 heterocycles. The highest BCUT2D eigenvalue weighted by molar-refractivity contribution is 8.00. The minimum absolute atomic E-state index is 0.405. The Morgan fingerprint density at radius 1 is 1.80 bits per heavy atom. The van der Waals surface area contributed by atoms with Crippen molar-refractivity contribution in [2.24, 2.45) is 5.73 Å². The number of rotatable bonds is 3. The smallest absolute Gasteiger partial charge is 0.0887 e. The van der Waals surface area contributed by atoms with Gasteiger partial charge in [-0.15, -0.1) is 0 Å². The van der Waals surface area contributed by atoms with Crippen LogP contribution in [0.25, 0.3) is 0 Å². The van der Waals surface area contributed by atoms with Crippen LogP contribution in [-0.2, 0) is 0 Å². The van der Waals surface area contributed by atoms with Gasteiger partial charge < -0.3 is 10.8 Å². The van der Waals surface area contributed by atoms with Crippen LogP contribution in [0.3, 0.4) is 0 Å². The van der Waals surface area contributed by atoms with E-state index in [0.717, 1.165) is 18.6 Å². The Hall–Kier alpha value is 0.270. The molecule has 60 valence electrons. The average molecular weight is 161 g/mol. The Morgan fingerprint density at radius 3 is 2.80 bits per heavy atom. The van der Waals surface area contributed by atoms with E-state index in [9.17, 15) is 5.11 Å². The zero-order valence-electron chi connectivity index (χ0n) is 6.34. The number of nitrogens with two attached hydrogens (primary N) is 1. The van der Waals surface area contributed by atoms with Gasteiger partial charge in [0.1, 0.15) is 0 Å². The van der Waals surface area contributed by atoms with E-state index >= 15 is 0 Å². The molecule has 0 aromatic heterocycles. The molecular formula is C7H15NOS. The first-order valence-corrected chi connectivity index (χ1v) is 4.82. The highest BCUT2D eigenvalue weighted by atomic mass is 32.2. The molecule has 3 heteroatoms. The van der Waals surface area contributed by atoms with E-state index in [1.165, 1.54) is 0 Å². The van der Waals surface area contributed by atoms with Gasteiger partial charge in [-0.1, -0.05) is 6.92 Å². The number of hydrogen-bond acceptors (Lipinski definition) is 3. The van der Waals surface area contributed by atoms with Crippen molar-refractivity contribution in [3.05, 3.63) is 0 Å². The first-order valence-electron chi connectivity index (χ1n) is 3.77. The molecule has 0 spiro atoms. The second-order valence-corrected chi connectivity index (χ2v) is 4.27. The molecule has 1 aliphatic rings. The quantitative estimate of drug-likeness (QED) is 0.637. The van der Waals surface area contributed by atoms with E-state index < -0.39 is 5.60 Å². The fraction of sp³-hybridized carbons (Fsp3) is 1.00. The monoisotopic (exact) mass is 161 g/mol. The summed E-state index contributed by atoms with van der Waals surface area (Å²) in [6.07, 6.45) is 2.02. The minimum Gasteiger partial charge on any atom is -0.387 e. The molecular weight excluding hydrogens is 146 g/mol. The largest absolute Gasteiger partial charge is 0.387 e. The molecule has 0 aromatic rings. The molecule has 0 saturated heterocycles. The van der Waals surface area contributed by atoms with Gasteiger partial charge in [-0.3, -0.25) is 0 Å². The van der Waals surface area contributed by atoms with Crippen molar-refractivity contribution in [2.75, 3.05) is 12.3 Å². The lowest BCUT2D eigenvalue weighted by Crippen LogP contribution is -2.55. The van der Waals surface area contributed by atoms with Crippen LogP contribution in [0, 0.1) is 0 Å².